The van der Waals surface area contributed by atoms with Gasteiger partial charge in [0.25, 0.3) is 0 Å². The van der Waals surface area contributed by atoms with Crippen molar-refractivity contribution in [3.63, 3.8) is 0 Å². The third-order valence-corrected chi connectivity index (χ3v) is 3.35. The van der Waals surface area contributed by atoms with Crippen molar-refractivity contribution in [3.8, 4) is 0 Å². The molecular formula is C11H17N3O3. The van der Waals surface area contributed by atoms with Gasteiger partial charge in [0.2, 0.25) is 11.7 Å². The number of hydrogen-bond donors (Lipinski definition) is 1. The summed E-state index contributed by atoms with van der Waals surface area (Å²) in [5.74, 6) is 1.24. The van der Waals surface area contributed by atoms with Gasteiger partial charge in [0.05, 0.1) is 13.2 Å². The Hall–Kier alpha value is -0.980. The molecule has 6 nitrogen and oxygen atoms in total. The first kappa shape index (κ1) is 11.1. The van der Waals surface area contributed by atoms with E-state index >= 15 is 0 Å². The normalized spacial score (nSPS) is 34.1. The van der Waals surface area contributed by atoms with Crippen LogP contribution in [0.5, 0.6) is 0 Å². The molecule has 1 N–H and O–H groups in total. The molecule has 2 unspecified atom stereocenters. The van der Waals surface area contributed by atoms with Crippen molar-refractivity contribution in [3.05, 3.63) is 11.7 Å². The van der Waals surface area contributed by atoms with Crippen LogP contribution in [0.1, 0.15) is 37.5 Å². The number of nitrogens with zero attached hydrogens (tertiary/aromatic N) is 2. The summed E-state index contributed by atoms with van der Waals surface area (Å²) < 4.78 is 16.4. The highest BCUT2D eigenvalue weighted by Crippen LogP contribution is 2.34. The standard InChI is InChI=1S/C11H17N3O3/c1-11(3-2-5-16-11)10-13-9(17-14-10)8-7-15-6-4-12-8/h8,12H,2-7H2,1H3. The van der Waals surface area contributed by atoms with Gasteiger partial charge in [-0.15, -0.1) is 0 Å². The van der Waals surface area contributed by atoms with Crippen LogP contribution in [0.2, 0.25) is 0 Å². The molecule has 94 valence electrons. The molecule has 0 amide bonds. The molecule has 1 aromatic heterocycles. The van der Waals surface area contributed by atoms with Crippen LogP contribution in [0.4, 0.5) is 0 Å². The Morgan fingerprint density at radius 1 is 1.41 bits per heavy atom. The Morgan fingerprint density at radius 2 is 2.35 bits per heavy atom. The maximum absolute atomic E-state index is 5.69. The second kappa shape index (κ2) is 4.36. The zero-order valence-corrected chi connectivity index (χ0v) is 9.94. The monoisotopic (exact) mass is 239 g/mol. The van der Waals surface area contributed by atoms with Crippen molar-refractivity contribution in [1.82, 2.24) is 15.5 Å². The lowest BCUT2D eigenvalue weighted by Crippen LogP contribution is -2.34. The van der Waals surface area contributed by atoms with Crippen molar-refractivity contribution in [2.24, 2.45) is 0 Å². The second-order valence-electron chi connectivity index (χ2n) is 4.72. The number of rotatable bonds is 2. The molecule has 0 saturated carbocycles. The predicted octanol–water partition coefficient (Wildman–Crippen LogP) is 0.756. The molecule has 2 atom stereocenters. The SMILES string of the molecule is CC1(c2noc(C3COCCN3)n2)CCCO1. The van der Waals surface area contributed by atoms with Crippen molar-refractivity contribution in [1.29, 1.82) is 0 Å². The second-order valence-corrected chi connectivity index (χ2v) is 4.72. The lowest BCUT2D eigenvalue weighted by molar-refractivity contribution is 0.00768. The maximum atomic E-state index is 5.69. The van der Waals surface area contributed by atoms with Crippen molar-refractivity contribution in [2.75, 3.05) is 26.4 Å². The van der Waals surface area contributed by atoms with E-state index < -0.39 is 0 Å². The largest absolute Gasteiger partial charge is 0.378 e. The van der Waals surface area contributed by atoms with Gasteiger partial charge in [-0.25, -0.2) is 0 Å². The molecule has 1 aromatic rings. The van der Waals surface area contributed by atoms with Crippen molar-refractivity contribution >= 4 is 0 Å². The van der Waals surface area contributed by atoms with E-state index in [2.05, 4.69) is 15.5 Å². The molecule has 0 aromatic carbocycles. The van der Waals surface area contributed by atoms with Crippen molar-refractivity contribution in [2.45, 2.75) is 31.4 Å². The van der Waals surface area contributed by atoms with Crippen LogP contribution in [0.15, 0.2) is 4.52 Å². The molecule has 2 saturated heterocycles. The van der Waals surface area contributed by atoms with E-state index in [1.54, 1.807) is 0 Å². The molecule has 17 heavy (non-hydrogen) atoms. The molecule has 0 aliphatic carbocycles. The summed E-state index contributed by atoms with van der Waals surface area (Å²) in [4.78, 5) is 4.44. The number of hydrogen-bond acceptors (Lipinski definition) is 6. The smallest absolute Gasteiger partial charge is 0.246 e. The molecule has 2 aliphatic rings. The van der Waals surface area contributed by atoms with Crippen LogP contribution >= 0.6 is 0 Å². The predicted molar refractivity (Wildman–Crippen MR) is 58.4 cm³/mol. The molecule has 2 fully saturated rings. The summed E-state index contributed by atoms with van der Waals surface area (Å²) in [6.07, 6.45) is 1.99. The molecule has 3 heterocycles. The third kappa shape index (κ3) is 2.08. The first-order valence-electron chi connectivity index (χ1n) is 6.07. The minimum Gasteiger partial charge on any atom is -0.378 e. The fourth-order valence-electron chi connectivity index (χ4n) is 2.27. The van der Waals surface area contributed by atoms with Gasteiger partial charge in [-0.05, 0) is 19.8 Å². The Balaban J connectivity index is 1.77. The third-order valence-electron chi connectivity index (χ3n) is 3.35. The Bertz CT molecular complexity index is 381. The lowest BCUT2D eigenvalue weighted by Gasteiger charge is -2.20. The van der Waals surface area contributed by atoms with E-state index in [4.69, 9.17) is 14.0 Å². The Labute approximate surface area is 99.7 Å². The Kier molecular flexibility index (Phi) is 2.85. The van der Waals surface area contributed by atoms with Gasteiger partial charge in [-0.2, -0.15) is 4.98 Å². The van der Waals surface area contributed by atoms with Gasteiger partial charge in [0.15, 0.2) is 0 Å². The minimum absolute atomic E-state index is 0.00926. The zero-order valence-electron chi connectivity index (χ0n) is 9.94. The van der Waals surface area contributed by atoms with Crippen molar-refractivity contribution < 1.29 is 14.0 Å². The van der Waals surface area contributed by atoms with E-state index in [0.717, 1.165) is 32.6 Å². The van der Waals surface area contributed by atoms with Crippen LogP contribution in [-0.4, -0.2) is 36.5 Å². The molecule has 0 radical (unpaired) electrons. The average Bonchev–Trinajstić information content (AvgIpc) is 2.99. The van der Waals surface area contributed by atoms with Crippen LogP contribution in [0.25, 0.3) is 0 Å². The fraction of sp³-hybridized carbons (Fsp3) is 0.818. The highest BCUT2D eigenvalue weighted by atomic mass is 16.5. The maximum Gasteiger partial charge on any atom is 0.246 e. The van der Waals surface area contributed by atoms with E-state index in [9.17, 15) is 0 Å². The Morgan fingerprint density at radius 3 is 3.06 bits per heavy atom. The molecule has 0 bridgehead atoms. The fourth-order valence-corrected chi connectivity index (χ4v) is 2.27. The molecular weight excluding hydrogens is 222 g/mol. The highest BCUT2D eigenvalue weighted by molar-refractivity contribution is 5.03. The van der Waals surface area contributed by atoms with E-state index in [0.29, 0.717) is 18.3 Å². The van der Waals surface area contributed by atoms with E-state index in [-0.39, 0.29) is 11.6 Å². The molecule has 2 aliphatic heterocycles. The summed E-state index contributed by atoms with van der Waals surface area (Å²) in [5.41, 5.74) is -0.378. The van der Waals surface area contributed by atoms with Gasteiger partial charge in [0.1, 0.15) is 11.6 Å². The van der Waals surface area contributed by atoms with Gasteiger partial charge in [0, 0.05) is 13.2 Å². The van der Waals surface area contributed by atoms with Gasteiger partial charge >= 0.3 is 0 Å². The summed E-state index contributed by atoms with van der Waals surface area (Å²) >= 11 is 0. The van der Waals surface area contributed by atoms with E-state index in [1.165, 1.54) is 0 Å². The van der Waals surface area contributed by atoms with Gasteiger partial charge < -0.3 is 19.3 Å². The number of aromatic nitrogens is 2. The summed E-state index contributed by atoms with van der Waals surface area (Å²) in [5, 5.41) is 7.33. The average molecular weight is 239 g/mol. The molecule has 6 heteroatoms. The van der Waals surface area contributed by atoms with E-state index in [1.807, 2.05) is 6.92 Å². The summed E-state index contributed by atoms with van der Waals surface area (Å²) in [6.45, 7) is 4.91. The lowest BCUT2D eigenvalue weighted by atomic mass is 10.0. The number of morpholine rings is 1. The number of nitrogens with one attached hydrogen (secondary N) is 1. The highest BCUT2D eigenvalue weighted by Gasteiger charge is 2.37. The zero-order chi connectivity index (χ0) is 11.7. The van der Waals surface area contributed by atoms with Gasteiger partial charge in [-0.3, -0.25) is 0 Å². The number of ether oxygens (including phenoxy) is 2. The first-order chi connectivity index (χ1) is 8.28. The summed E-state index contributed by atoms with van der Waals surface area (Å²) in [7, 11) is 0. The molecule has 0 spiro atoms. The minimum atomic E-state index is -0.378. The quantitative estimate of drug-likeness (QED) is 0.821. The van der Waals surface area contributed by atoms with Crippen LogP contribution in [0.3, 0.4) is 0 Å². The molecule has 3 rings (SSSR count). The van der Waals surface area contributed by atoms with Crippen LogP contribution < -0.4 is 5.32 Å². The summed E-state index contributed by atoms with van der Waals surface area (Å²) in [6, 6.07) is 0.00926. The van der Waals surface area contributed by atoms with Crippen LogP contribution in [0, 0.1) is 0 Å². The topological polar surface area (TPSA) is 69.4 Å². The van der Waals surface area contributed by atoms with Crippen LogP contribution in [-0.2, 0) is 15.1 Å². The van der Waals surface area contributed by atoms with Gasteiger partial charge in [-0.1, -0.05) is 5.16 Å². The first-order valence-corrected chi connectivity index (χ1v) is 6.07.